The molecule has 1 aromatic heterocycles. The molecule has 5 rings (SSSR count). The minimum Gasteiger partial charge on any atom is -0.367 e. The molecule has 1 N–H and O–H groups in total. The van der Waals surface area contributed by atoms with E-state index in [1.54, 1.807) is 0 Å². The van der Waals surface area contributed by atoms with Gasteiger partial charge in [0, 0.05) is 44.1 Å². The number of aryl methyl sites for hydroxylation is 1. The summed E-state index contributed by atoms with van der Waals surface area (Å²) in [6, 6.07) is 6.07. The van der Waals surface area contributed by atoms with Gasteiger partial charge in [-0.25, -0.2) is 8.78 Å². The average molecular weight is 571 g/mol. The Morgan fingerprint density at radius 3 is 2.40 bits per heavy atom. The van der Waals surface area contributed by atoms with E-state index >= 15 is 13.2 Å². The summed E-state index contributed by atoms with van der Waals surface area (Å²) < 4.78 is 104. The Balaban J connectivity index is 1.52. The summed E-state index contributed by atoms with van der Waals surface area (Å²) in [7, 11) is 2.68. The maximum absolute atomic E-state index is 15.8. The van der Waals surface area contributed by atoms with Gasteiger partial charge in [-0.2, -0.15) is 22.0 Å². The molecule has 2 aliphatic heterocycles. The van der Waals surface area contributed by atoms with Crippen molar-refractivity contribution < 1.29 is 35.5 Å². The first-order valence-electron chi connectivity index (χ1n) is 12.3. The van der Waals surface area contributed by atoms with Gasteiger partial charge in [-0.1, -0.05) is 12.1 Å². The fourth-order valence-corrected chi connectivity index (χ4v) is 5.19. The highest BCUT2D eigenvalue weighted by Crippen LogP contribution is 2.48. The van der Waals surface area contributed by atoms with Crippen molar-refractivity contribution in [3.05, 3.63) is 70.8 Å². The molecule has 0 bridgehead atoms. The third kappa shape index (κ3) is 4.38. The number of benzene rings is 2. The van der Waals surface area contributed by atoms with Gasteiger partial charge >= 0.3 is 12.1 Å². The van der Waals surface area contributed by atoms with Crippen LogP contribution < -0.4 is 15.1 Å². The van der Waals surface area contributed by atoms with E-state index in [1.165, 1.54) is 37.2 Å². The number of halogens is 7. The largest absolute Gasteiger partial charge is 0.416 e. The molecule has 3 atom stereocenters. The van der Waals surface area contributed by atoms with E-state index in [2.05, 4.69) is 15.5 Å². The average Bonchev–Trinajstić information content (AvgIpc) is 3.61. The molecule has 0 aliphatic carbocycles. The van der Waals surface area contributed by atoms with Crippen LogP contribution in [0.25, 0.3) is 0 Å². The Bertz CT molecular complexity index is 1450. The number of anilines is 2. The van der Waals surface area contributed by atoms with E-state index in [-0.39, 0.29) is 35.6 Å². The van der Waals surface area contributed by atoms with Crippen molar-refractivity contribution >= 4 is 17.3 Å². The number of aromatic nitrogens is 3. The molecule has 40 heavy (non-hydrogen) atoms. The van der Waals surface area contributed by atoms with Gasteiger partial charge in [-0.05, 0) is 42.3 Å². The van der Waals surface area contributed by atoms with Crippen LogP contribution in [0.15, 0.2) is 42.7 Å². The molecule has 1 amide bonds. The van der Waals surface area contributed by atoms with Gasteiger partial charge in [-0.3, -0.25) is 4.79 Å². The molecule has 214 valence electrons. The fourth-order valence-electron chi connectivity index (χ4n) is 5.19. The van der Waals surface area contributed by atoms with Crippen LogP contribution in [0, 0.1) is 0 Å². The topological polar surface area (TPSA) is 66.3 Å². The third-order valence-electron chi connectivity index (χ3n) is 7.63. The molecule has 2 aliphatic rings. The lowest BCUT2D eigenvalue weighted by molar-refractivity contribution is -0.149. The molecule has 1 fully saturated rings. The maximum atomic E-state index is 15.8. The molecule has 1 unspecified atom stereocenters. The molecule has 14 heteroatoms. The molecule has 2 aromatic carbocycles. The van der Waals surface area contributed by atoms with Crippen molar-refractivity contribution in [2.75, 3.05) is 29.9 Å². The van der Waals surface area contributed by atoms with Crippen LogP contribution in [-0.2, 0) is 31.4 Å². The summed E-state index contributed by atoms with van der Waals surface area (Å²) >= 11 is 0. The standard InChI is InChI=1S/C26H25F7N6O/c1-24(28,25(29,30)23-36-35-13-37(23)2)14-5-4-6-15(7-14)39-12-18-17(22(39)40)8-16(9-19(18)26(31,32)33)38(3)21-11-34-10-20(21)27/h4-9,13,20-21,34H,10-12H2,1-3H3/t20-,21+,24?/m0/s1. The summed E-state index contributed by atoms with van der Waals surface area (Å²) in [4.78, 5) is 15.7. The second kappa shape index (κ2) is 9.46. The minimum absolute atomic E-state index is 0.00558. The molecule has 1 saturated heterocycles. The Morgan fingerprint density at radius 1 is 1.07 bits per heavy atom. The maximum Gasteiger partial charge on any atom is 0.416 e. The zero-order valence-electron chi connectivity index (χ0n) is 21.6. The van der Waals surface area contributed by atoms with Gasteiger partial charge in [0.25, 0.3) is 5.91 Å². The van der Waals surface area contributed by atoms with Crippen molar-refractivity contribution in [1.29, 1.82) is 0 Å². The second-order valence-electron chi connectivity index (χ2n) is 10.2. The predicted molar refractivity (Wildman–Crippen MR) is 132 cm³/mol. The van der Waals surface area contributed by atoms with Crippen molar-refractivity contribution in [2.45, 2.75) is 43.4 Å². The number of nitrogens with zero attached hydrogens (tertiary/aromatic N) is 5. The first kappa shape index (κ1) is 27.9. The van der Waals surface area contributed by atoms with E-state index < -0.39 is 59.4 Å². The van der Waals surface area contributed by atoms with Crippen molar-refractivity contribution in [3.63, 3.8) is 0 Å². The van der Waals surface area contributed by atoms with E-state index in [9.17, 15) is 22.4 Å². The van der Waals surface area contributed by atoms with Crippen LogP contribution in [-0.4, -0.2) is 53.0 Å². The molecule has 3 aromatic rings. The SMILES string of the molecule is CN(c1cc2c(c(C(F)(F)F)c1)CN(c1cccc(C(C)(F)C(F)(F)c3nncn3C)c1)C2=O)[C@@H]1CNC[C@@H]1F. The Morgan fingerprint density at radius 2 is 1.80 bits per heavy atom. The first-order valence-corrected chi connectivity index (χ1v) is 12.3. The Kier molecular flexibility index (Phi) is 6.59. The van der Waals surface area contributed by atoms with Crippen LogP contribution in [0.3, 0.4) is 0 Å². The number of likely N-dealkylation sites (N-methyl/N-ethyl adjacent to an activating group) is 1. The zero-order valence-corrected chi connectivity index (χ0v) is 21.6. The van der Waals surface area contributed by atoms with Gasteiger partial charge in [-0.15, -0.1) is 10.2 Å². The minimum atomic E-state index is -4.84. The molecule has 0 radical (unpaired) electrons. The highest BCUT2D eigenvalue weighted by Gasteiger charge is 2.57. The Hall–Kier alpha value is -3.68. The monoisotopic (exact) mass is 570 g/mol. The number of fused-ring (bicyclic) bond motifs is 1. The molecule has 3 heterocycles. The first-order chi connectivity index (χ1) is 18.6. The van der Waals surface area contributed by atoms with Crippen LogP contribution in [0.5, 0.6) is 0 Å². The van der Waals surface area contributed by atoms with Gasteiger partial charge < -0.3 is 19.7 Å². The number of carbonyl (C=O) groups is 1. The normalized spacial score (nSPS) is 21.1. The lowest BCUT2D eigenvalue weighted by Gasteiger charge is -2.30. The third-order valence-corrected chi connectivity index (χ3v) is 7.63. The van der Waals surface area contributed by atoms with Crippen LogP contribution in [0.4, 0.5) is 42.1 Å². The highest BCUT2D eigenvalue weighted by atomic mass is 19.4. The molecular weight excluding hydrogens is 545 g/mol. The fraction of sp³-hybridized carbons (Fsp3) is 0.423. The quantitative estimate of drug-likeness (QED) is 0.435. The predicted octanol–water partition coefficient (Wildman–Crippen LogP) is 4.72. The highest BCUT2D eigenvalue weighted by molar-refractivity contribution is 6.11. The lowest BCUT2D eigenvalue weighted by Crippen LogP contribution is -2.39. The van der Waals surface area contributed by atoms with E-state index in [0.717, 1.165) is 34.0 Å². The summed E-state index contributed by atoms with van der Waals surface area (Å²) in [6.45, 7) is 0.402. The number of hydrogen-bond donors (Lipinski definition) is 1. The van der Waals surface area contributed by atoms with E-state index in [0.29, 0.717) is 6.92 Å². The smallest absolute Gasteiger partial charge is 0.367 e. The molecular formula is C26H25F7N6O. The van der Waals surface area contributed by atoms with Crippen LogP contribution in [0.1, 0.15) is 39.8 Å². The van der Waals surface area contributed by atoms with Crippen LogP contribution >= 0.6 is 0 Å². The molecule has 7 nitrogen and oxygen atoms in total. The summed E-state index contributed by atoms with van der Waals surface area (Å²) in [6.07, 6.45) is -5.16. The molecule has 0 saturated carbocycles. The lowest BCUT2D eigenvalue weighted by atomic mass is 9.90. The number of carbonyl (C=O) groups excluding carboxylic acids is 1. The van der Waals surface area contributed by atoms with Crippen LogP contribution in [0.2, 0.25) is 0 Å². The molecule has 0 spiro atoms. The van der Waals surface area contributed by atoms with Gasteiger partial charge in [0.05, 0.1) is 18.2 Å². The number of rotatable bonds is 6. The second-order valence-corrected chi connectivity index (χ2v) is 10.2. The van der Waals surface area contributed by atoms with E-state index in [4.69, 9.17) is 0 Å². The zero-order chi connectivity index (χ0) is 29.2. The Labute approximate surface area is 224 Å². The number of nitrogens with one attached hydrogen (secondary N) is 1. The number of hydrogen-bond acceptors (Lipinski definition) is 5. The van der Waals surface area contributed by atoms with Gasteiger partial charge in [0.1, 0.15) is 12.5 Å². The van der Waals surface area contributed by atoms with Crippen molar-refractivity contribution in [2.24, 2.45) is 7.05 Å². The van der Waals surface area contributed by atoms with Crippen molar-refractivity contribution in [3.8, 4) is 0 Å². The van der Waals surface area contributed by atoms with Gasteiger partial charge in [0.15, 0.2) is 0 Å². The van der Waals surface area contributed by atoms with Gasteiger partial charge in [0.2, 0.25) is 11.5 Å². The summed E-state index contributed by atoms with van der Waals surface area (Å²) in [5.41, 5.74) is -5.52. The number of amides is 1. The summed E-state index contributed by atoms with van der Waals surface area (Å²) in [5, 5.41) is 9.55. The van der Waals surface area contributed by atoms with Crippen molar-refractivity contribution in [1.82, 2.24) is 20.1 Å². The summed E-state index contributed by atoms with van der Waals surface area (Å²) in [5.74, 6) is -5.89. The number of alkyl halides is 7. The van der Waals surface area contributed by atoms with E-state index in [1.807, 2.05) is 0 Å².